The van der Waals surface area contributed by atoms with E-state index in [0.29, 0.717) is 0 Å². The lowest BCUT2D eigenvalue weighted by Crippen LogP contribution is -2.44. The number of halogens is 2. The molecule has 0 saturated carbocycles. The molecule has 0 aliphatic carbocycles. The number of carboxylic acids is 1. The third-order valence-electron chi connectivity index (χ3n) is 2.60. The van der Waals surface area contributed by atoms with E-state index in [2.05, 4.69) is 5.32 Å². The molecule has 1 aliphatic rings. The number of carbonyl (C=O) groups excluding carboxylic acids is 1. The third kappa shape index (κ3) is 2.95. The second-order valence-corrected chi connectivity index (χ2v) is 4.88. The van der Waals surface area contributed by atoms with Gasteiger partial charge in [-0.1, -0.05) is 0 Å². The zero-order chi connectivity index (χ0) is 14.0. The number of carboxylic acid groups (broad SMARTS) is 1. The SMILES string of the molecule is O=C(O)C1CSCN1C(=O)Nc1cc(F)ccc1F. The van der Waals surface area contributed by atoms with Gasteiger partial charge < -0.3 is 15.3 Å². The monoisotopic (exact) mass is 288 g/mol. The molecule has 8 heteroatoms. The average Bonchev–Trinajstić information content (AvgIpc) is 2.83. The number of benzene rings is 1. The van der Waals surface area contributed by atoms with Crippen LogP contribution in [0.1, 0.15) is 0 Å². The van der Waals surface area contributed by atoms with Crippen molar-refractivity contribution < 1.29 is 23.5 Å². The number of nitrogens with one attached hydrogen (secondary N) is 1. The summed E-state index contributed by atoms with van der Waals surface area (Å²) in [7, 11) is 0. The van der Waals surface area contributed by atoms with Crippen molar-refractivity contribution >= 4 is 29.4 Å². The maximum atomic E-state index is 13.4. The van der Waals surface area contributed by atoms with E-state index >= 15 is 0 Å². The van der Waals surface area contributed by atoms with E-state index in [1.807, 2.05) is 0 Å². The van der Waals surface area contributed by atoms with Crippen molar-refractivity contribution in [3.8, 4) is 0 Å². The molecule has 1 heterocycles. The van der Waals surface area contributed by atoms with Crippen molar-refractivity contribution in [2.75, 3.05) is 16.9 Å². The van der Waals surface area contributed by atoms with E-state index in [1.54, 1.807) is 0 Å². The Morgan fingerprint density at radius 3 is 2.84 bits per heavy atom. The summed E-state index contributed by atoms with van der Waals surface area (Å²) in [5.74, 6) is -2.13. The van der Waals surface area contributed by atoms with Crippen LogP contribution in [0, 0.1) is 11.6 Å². The first-order valence-corrected chi connectivity index (χ1v) is 6.47. The van der Waals surface area contributed by atoms with Crippen molar-refractivity contribution in [1.29, 1.82) is 0 Å². The molecular formula is C11H10F2N2O3S. The number of nitrogens with zero attached hydrogens (tertiary/aromatic N) is 1. The van der Waals surface area contributed by atoms with Gasteiger partial charge in [0, 0.05) is 11.8 Å². The molecule has 1 aromatic rings. The fraction of sp³-hybridized carbons (Fsp3) is 0.273. The fourth-order valence-corrected chi connectivity index (χ4v) is 2.77. The summed E-state index contributed by atoms with van der Waals surface area (Å²) in [5, 5.41) is 11.1. The molecule has 1 aliphatic heterocycles. The van der Waals surface area contributed by atoms with E-state index in [4.69, 9.17) is 5.11 Å². The Hall–Kier alpha value is -1.83. The summed E-state index contributed by atoms with van der Waals surface area (Å²) in [6, 6.07) is 0.935. The molecule has 0 radical (unpaired) electrons. The van der Waals surface area contributed by atoms with Crippen LogP contribution in [-0.2, 0) is 4.79 Å². The van der Waals surface area contributed by atoms with Gasteiger partial charge in [-0.3, -0.25) is 0 Å². The topological polar surface area (TPSA) is 69.6 Å². The van der Waals surface area contributed by atoms with Crippen LogP contribution in [-0.4, -0.2) is 39.7 Å². The minimum absolute atomic E-state index is 0.194. The van der Waals surface area contributed by atoms with Crippen molar-refractivity contribution in [2.45, 2.75) is 6.04 Å². The Balaban J connectivity index is 2.12. The highest BCUT2D eigenvalue weighted by Gasteiger charge is 2.34. The zero-order valence-corrected chi connectivity index (χ0v) is 10.4. The number of thioether (sulfide) groups is 1. The largest absolute Gasteiger partial charge is 0.480 e. The highest BCUT2D eigenvalue weighted by molar-refractivity contribution is 7.99. The summed E-state index contributed by atoms with van der Waals surface area (Å²) in [6.07, 6.45) is 0. The van der Waals surface area contributed by atoms with E-state index in [1.165, 1.54) is 11.8 Å². The summed E-state index contributed by atoms with van der Waals surface area (Å²) in [6.45, 7) is 0. The first-order chi connectivity index (χ1) is 8.99. The number of rotatable bonds is 2. The Bertz CT molecular complexity index is 527. The van der Waals surface area contributed by atoms with Crippen LogP contribution in [0.2, 0.25) is 0 Å². The van der Waals surface area contributed by atoms with Crippen LogP contribution in [0.5, 0.6) is 0 Å². The van der Waals surface area contributed by atoms with Gasteiger partial charge in [-0.05, 0) is 12.1 Å². The van der Waals surface area contributed by atoms with Crippen LogP contribution in [0.25, 0.3) is 0 Å². The summed E-state index contributed by atoms with van der Waals surface area (Å²) >= 11 is 1.28. The molecular weight excluding hydrogens is 278 g/mol. The molecule has 0 bridgehead atoms. The molecule has 102 valence electrons. The van der Waals surface area contributed by atoms with Gasteiger partial charge in [0.1, 0.15) is 17.7 Å². The number of carbonyl (C=O) groups is 2. The van der Waals surface area contributed by atoms with Gasteiger partial charge in [-0.15, -0.1) is 11.8 Å². The molecule has 1 atom stereocenters. The standard InChI is InChI=1S/C11H10F2N2O3S/c12-6-1-2-7(13)8(3-6)14-11(18)15-5-19-4-9(15)10(16)17/h1-3,9H,4-5H2,(H,14,18)(H,16,17). The Labute approximate surface area is 111 Å². The summed E-state index contributed by atoms with van der Waals surface area (Å²) < 4.78 is 26.3. The minimum atomic E-state index is -1.13. The van der Waals surface area contributed by atoms with Gasteiger partial charge in [0.15, 0.2) is 0 Å². The van der Waals surface area contributed by atoms with Crippen molar-refractivity contribution in [2.24, 2.45) is 0 Å². The predicted octanol–water partition coefficient (Wildman–Crippen LogP) is 1.96. The molecule has 2 rings (SSSR count). The van der Waals surface area contributed by atoms with Crippen LogP contribution >= 0.6 is 11.8 Å². The maximum Gasteiger partial charge on any atom is 0.327 e. The number of hydrogen-bond acceptors (Lipinski definition) is 3. The Morgan fingerprint density at radius 1 is 1.42 bits per heavy atom. The fourth-order valence-electron chi connectivity index (χ4n) is 1.63. The number of anilines is 1. The second-order valence-electron chi connectivity index (χ2n) is 3.88. The van der Waals surface area contributed by atoms with Crippen molar-refractivity contribution in [3.63, 3.8) is 0 Å². The van der Waals surface area contributed by atoms with Gasteiger partial charge >= 0.3 is 12.0 Å². The number of aliphatic carboxylic acids is 1. The van der Waals surface area contributed by atoms with Crippen LogP contribution < -0.4 is 5.32 Å². The molecule has 0 spiro atoms. The quantitative estimate of drug-likeness (QED) is 0.872. The first-order valence-electron chi connectivity index (χ1n) is 5.32. The van der Waals surface area contributed by atoms with Crippen LogP contribution in [0.3, 0.4) is 0 Å². The zero-order valence-electron chi connectivity index (χ0n) is 9.60. The van der Waals surface area contributed by atoms with Crippen molar-refractivity contribution in [1.82, 2.24) is 4.90 Å². The van der Waals surface area contributed by atoms with E-state index in [9.17, 15) is 18.4 Å². The van der Waals surface area contributed by atoms with E-state index in [0.717, 1.165) is 23.1 Å². The van der Waals surface area contributed by atoms with Crippen LogP contribution in [0.4, 0.5) is 19.3 Å². The van der Waals surface area contributed by atoms with Gasteiger partial charge in [-0.25, -0.2) is 18.4 Å². The van der Waals surface area contributed by atoms with Gasteiger partial charge in [0.25, 0.3) is 0 Å². The van der Waals surface area contributed by atoms with E-state index < -0.39 is 29.7 Å². The summed E-state index contributed by atoms with van der Waals surface area (Å²) in [5.41, 5.74) is -0.314. The smallest absolute Gasteiger partial charge is 0.327 e. The van der Waals surface area contributed by atoms with Gasteiger partial charge in [0.05, 0.1) is 11.6 Å². The van der Waals surface area contributed by atoms with Crippen LogP contribution in [0.15, 0.2) is 18.2 Å². The maximum absolute atomic E-state index is 13.4. The highest BCUT2D eigenvalue weighted by Crippen LogP contribution is 2.23. The molecule has 19 heavy (non-hydrogen) atoms. The van der Waals surface area contributed by atoms with Crippen molar-refractivity contribution in [3.05, 3.63) is 29.8 Å². The van der Waals surface area contributed by atoms with Gasteiger partial charge in [-0.2, -0.15) is 0 Å². The molecule has 1 unspecified atom stereocenters. The third-order valence-corrected chi connectivity index (χ3v) is 3.61. The minimum Gasteiger partial charge on any atom is -0.480 e. The number of urea groups is 1. The molecule has 1 fully saturated rings. The first kappa shape index (κ1) is 13.6. The molecule has 1 aromatic carbocycles. The second kappa shape index (κ2) is 5.43. The summed E-state index contributed by atoms with van der Waals surface area (Å²) in [4.78, 5) is 23.8. The molecule has 5 nitrogen and oxygen atoms in total. The molecule has 2 N–H and O–H groups in total. The number of hydrogen-bond donors (Lipinski definition) is 2. The highest BCUT2D eigenvalue weighted by atomic mass is 32.2. The number of amides is 2. The predicted molar refractivity (Wildman–Crippen MR) is 66.0 cm³/mol. The molecule has 0 aromatic heterocycles. The lowest BCUT2D eigenvalue weighted by Gasteiger charge is -2.21. The van der Waals surface area contributed by atoms with E-state index in [-0.39, 0.29) is 17.3 Å². The lowest BCUT2D eigenvalue weighted by molar-refractivity contribution is -0.140. The van der Waals surface area contributed by atoms with Gasteiger partial charge in [0.2, 0.25) is 0 Å². The molecule has 1 saturated heterocycles. The Morgan fingerprint density at radius 2 is 2.16 bits per heavy atom. The molecule has 2 amide bonds. The lowest BCUT2D eigenvalue weighted by atomic mass is 10.3. The normalized spacial score (nSPS) is 18.4. The average molecular weight is 288 g/mol. The Kier molecular flexibility index (Phi) is 3.89.